The Morgan fingerprint density at radius 3 is 3.00 bits per heavy atom. The third-order valence-electron chi connectivity index (χ3n) is 1.66. The predicted octanol–water partition coefficient (Wildman–Crippen LogP) is 0.221. The molecule has 0 aromatic carbocycles. The Balaban J connectivity index is 2.16. The number of aromatic nitrogens is 2. The summed E-state index contributed by atoms with van der Waals surface area (Å²) in [7, 11) is 1.34. The topological polar surface area (TPSA) is 81.2 Å². The lowest BCUT2D eigenvalue weighted by Gasteiger charge is -2.01. The minimum atomic E-state index is -0.278. The van der Waals surface area contributed by atoms with Crippen LogP contribution in [0.1, 0.15) is 23.3 Å². The summed E-state index contributed by atoms with van der Waals surface area (Å²) in [4.78, 5) is 22.0. The summed E-state index contributed by atoms with van der Waals surface area (Å²) in [5.41, 5.74) is 0.304. The monoisotopic (exact) mass is 229 g/mol. The van der Waals surface area contributed by atoms with E-state index in [0.717, 1.165) is 11.7 Å². The Bertz CT molecular complexity index is 326. The molecule has 0 unspecified atom stereocenters. The average molecular weight is 229 g/mol. The van der Waals surface area contributed by atoms with Gasteiger partial charge in [0.2, 0.25) is 0 Å². The van der Waals surface area contributed by atoms with Gasteiger partial charge >= 0.3 is 5.97 Å². The Labute approximate surface area is 91.0 Å². The molecule has 1 rings (SSSR count). The Morgan fingerprint density at radius 2 is 2.40 bits per heavy atom. The van der Waals surface area contributed by atoms with E-state index in [2.05, 4.69) is 18.8 Å². The first-order chi connectivity index (χ1) is 7.24. The van der Waals surface area contributed by atoms with Gasteiger partial charge in [0.15, 0.2) is 5.69 Å². The quantitative estimate of drug-likeness (QED) is 0.577. The molecule has 1 amide bonds. The maximum absolute atomic E-state index is 11.3. The van der Waals surface area contributed by atoms with Gasteiger partial charge in [-0.15, -0.1) is 0 Å². The van der Waals surface area contributed by atoms with Crippen molar-refractivity contribution in [2.75, 3.05) is 13.7 Å². The highest BCUT2D eigenvalue weighted by atomic mass is 32.1. The van der Waals surface area contributed by atoms with Gasteiger partial charge in [-0.3, -0.25) is 9.59 Å². The lowest BCUT2D eigenvalue weighted by atomic mass is 10.3. The van der Waals surface area contributed by atoms with Crippen molar-refractivity contribution >= 4 is 23.6 Å². The number of nitrogens with one attached hydrogen (secondary N) is 1. The Morgan fingerprint density at radius 1 is 1.60 bits per heavy atom. The number of rotatable bonds is 5. The van der Waals surface area contributed by atoms with E-state index >= 15 is 0 Å². The standard InChI is InChI=1S/C8H11N3O3S/c1-14-7(12)3-2-4-9-8(13)6-5-10-15-11-6/h5H,2-4H2,1H3,(H,9,13). The van der Waals surface area contributed by atoms with Crippen molar-refractivity contribution in [1.29, 1.82) is 0 Å². The lowest BCUT2D eigenvalue weighted by Crippen LogP contribution is -2.25. The van der Waals surface area contributed by atoms with Gasteiger partial charge in [-0.25, -0.2) is 0 Å². The Hall–Kier alpha value is -1.50. The highest BCUT2D eigenvalue weighted by molar-refractivity contribution is 6.99. The second kappa shape index (κ2) is 6.07. The van der Waals surface area contributed by atoms with Crippen LogP contribution in [-0.2, 0) is 9.53 Å². The molecule has 1 heterocycles. The van der Waals surface area contributed by atoms with Gasteiger partial charge < -0.3 is 10.1 Å². The van der Waals surface area contributed by atoms with Gasteiger partial charge in [0.25, 0.3) is 5.91 Å². The maximum Gasteiger partial charge on any atom is 0.305 e. The minimum absolute atomic E-state index is 0.270. The molecule has 82 valence electrons. The maximum atomic E-state index is 11.3. The number of methoxy groups -OCH3 is 1. The molecule has 0 aliphatic heterocycles. The summed E-state index contributed by atoms with van der Waals surface area (Å²) >= 11 is 0.981. The van der Waals surface area contributed by atoms with Crippen molar-refractivity contribution in [3.05, 3.63) is 11.9 Å². The van der Waals surface area contributed by atoms with Crippen molar-refractivity contribution in [2.45, 2.75) is 12.8 Å². The smallest absolute Gasteiger partial charge is 0.305 e. The van der Waals surface area contributed by atoms with E-state index in [9.17, 15) is 9.59 Å². The highest BCUT2D eigenvalue weighted by Gasteiger charge is 2.07. The molecule has 0 atom stereocenters. The molecule has 0 spiro atoms. The van der Waals surface area contributed by atoms with Crippen molar-refractivity contribution < 1.29 is 14.3 Å². The van der Waals surface area contributed by atoms with E-state index in [1.165, 1.54) is 13.3 Å². The first-order valence-electron chi connectivity index (χ1n) is 4.36. The lowest BCUT2D eigenvalue weighted by molar-refractivity contribution is -0.140. The van der Waals surface area contributed by atoms with Crippen LogP contribution in [0.15, 0.2) is 6.20 Å². The first-order valence-corrected chi connectivity index (χ1v) is 5.09. The first kappa shape index (κ1) is 11.6. The van der Waals surface area contributed by atoms with E-state index < -0.39 is 0 Å². The number of carbonyl (C=O) groups is 2. The molecule has 0 aliphatic rings. The van der Waals surface area contributed by atoms with Crippen molar-refractivity contribution in [2.24, 2.45) is 0 Å². The van der Waals surface area contributed by atoms with E-state index in [-0.39, 0.29) is 11.9 Å². The third-order valence-corrected chi connectivity index (χ3v) is 2.14. The van der Waals surface area contributed by atoms with E-state index in [0.29, 0.717) is 25.1 Å². The molecular formula is C8H11N3O3S. The number of nitrogens with zero attached hydrogens (tertiary/aromatic N) is 2. The molecule has 0 radical (unpaired) electrons. The molecule has 0 saturated carbocycles. The van der Waals surface area contributed by atoms with Crippen LogP contribution in [0.5, 0.6) is 0 Å². The summed E-state index contributed by atoms with van der Waals surface area (Å²) in [6.45, 7) is 0.422. The van der Waals surface area contributed by atoms with Crippen molar-refractivity contribution in [3.63, 3.8) is 0 Å². The number of amides is 1. The summed E-state index contributed by atoms with van der Waals surface area (Å²) < 4.78 is 11.9. The number of ether oxygens (including phenoxy) is 1. The second-order valence-electron chi connectivity index (χ2n) is 2.73. The number of carbonyl (C=O) groups excluding carboxylic acids is 2. The summed E-state index contributed by atoms with van der Waals surface area (Å²) in [6, 6.07) is 0. The van der Waals surface area contributed by atoms with Gasteiger partial charge in [-0.1, -0.05) is 0 Å². The largest absolute Gasteiger partial charge is 0.469 e. The van der Waals surface area contributed by atoms with Crippen molar-refractivity contribution in [3.8, 4) is 0 Å². The van der Waals surface area contributed by atoms with E-state index in [1.807, 2.05) is 0 Å². The number of hydrogen-bond donors (Lipinski definition) is 1. The summed E-state index contributed by atoms with van der Waals surface area (Å²) in [6.07, 6.45) is 2.25. The van der Waals surface area contributed by atoms with Crippen LogP contribution < -0.4 is 5.32 Å². The molecule has 0 aliphatic carbocycles. The number of esters is 1. The molecule has 1 N–H and O–H groups in total. The van der Waals surface area contributed by atoms with Crippen LogP contribution in [0.25, 0.3) is 0 Å². The zero-order chi connectivity index (χ0) is 11.1. The zero-order valence-electron chi connectivity index (χ0n) is 8.23. The minimum Gasteiger partial charge on any atom is -0.469 e. The molecule has 0 bridgehead atoms. The number of hydrogen-bond acceptors (Lipinski definition) is 6. The van der Waals surface area contributed by atoms with Crippen LogP contribution >= 0.6 is 11.7 Å². The fraction of sp³-hybridized carbons (Fsp3) is 0.500. The molecule has 7 heteroatoms. The Kier molecular flexibility index (Phi) is 4.69. The van der Waals surface area contributed by atoms with Gasteiger partial charge in [-0.2, -0.15) is 8.75 Å². The second-order valence-corrected chi connectivity index (χ2v) is 3.28. The van der Waals surface area contributed by atoms with Crippen molar-refractivity contribution in [1.82, 2.24) is 14.1 Å². The SMILES string of the molecule is COC(=O)CCCNC(=O)c1cnsn1. The van der Waals surface area contributed by atoms with E-state index in [4.69, 9.17) is 0 Å². The van der Waals surface area contributed by atoms with Crippen LogP contribution in [0.4, 0.5) is 0 Å². The van der Waals surface area contributed by atoms with Gasteiger partial charge in [0.1, 0.15) is 0 Å². The van der Waals surface area contributed by atoms with Gasteiger partial charge in [0, 0.05) is 13.0 Å². The molecule has 6 nitrogen and oxygen atoms in total. The molecule has 1 aromatic heterocycles. The van der Waals surface area contributed by atoms with Gasteiger partial charge in [0.05, 0.1) is 25.0 Å². The summed E-state index contributed by atoms with van der Waals surface area (Å²) in [5.74, 6) is -0.548. The predicted molar refractivity (Wildman–Crippen MR) is 53.5 cm³/mol. The molecular weight excluding hydrogens is 218 g/mol. The van der Waals surface area contributed by atoms with E-state index in [1.54, 1.807) is 0 Å². The zero-order valence-corrected chi connectivity index (χ0v) is 9.04. The highest BCUT2D eigenvalue weighted by Crippen LogP contribution is 1.95. The van der Waals surface area contributed by atoms with Gasteiger partial charge in [-0.05, 0) is 6.42 Å². The average Bonchev–Trinajstić information content (AvgIpc) is 2.77. The summed E-state index contributed by atoms with van der Waals surface area (Å²) in [5, 5.41) is 2.62. The fourth-order valence-corrected chi connectivity index (χ4v) is 1.30. The molecule has 1 aromatic rings. The normalized spacial score (nSPS) is 9.67. The third kappa shape index (κ3) is 4.03. The molecule has 0 fully saturated rings. The molecule has 15 heavy (non-hydrogen) atoms. The van der Waals surface area contributed by atoms with Crippen LogP contribution in [0.3, 0.4) is 0 Å². The van der Waals surface area contributed by atoms with Crippen LogP contribution in [0.2, 0.25) is 0 Å². The van der Waals surface area contributed by atoms with Crippen LogP contribution in [-0.4, -0.2) is 34.3 Å². The van der Waals surface area contributed by atoms with Crippen LogP contribution in [0, 0.1) is 0 Å². The molecule has 0 saturated heterocycles. The fourth-order valence-electron chi connectivity index (χ4n) is 0.892.